The zero-order valence-corrected chi connectivity index (χ0v) is 12.7. The summed E-state index contributed by atoms with van der Waals surface area (Å²) in [6, 6.07) is 10.1. The van der Waals surface area contributed by atoms with E-state index in [0.717, 1.165) is 6.42 Å². The van der Waals surface area contributed by atoms with Gasteiger partial charge in [0.2, 0.25) is 5.91 Å². The molecule has 4 nitrogen and oxygen atoms in total. The lowest BCUT2D eigenvalue weighted by Gasteiger charge is -2.01. The summed E-state index contributed by atoms with van der Waals surface area (Å²) in [5, 5.41) is 3.35. The monoisotopic (exact) mass is 300 g/mol. The van der Waals surface area contributed by atoms with Crippen LogP contribution < -0.4 is 5.32 Å². The number of hydrogen-bond acceptors (Lipinski definition) is 4. The van der Waals surface area contributed by atoms with Crippen LogP contribution in [0.4, 0.5) is 5.13 Å². The number of benzene rings is 1. The first-order valence-corrected chi connectivity index (χ1v) is 7.72. The van der Waals surface area contributed by atoms with Crippen LogP contribution in [-0.4, -0.2) is 16.7 Å². The third-order valence-corrected chi connectivity index (χ3v) is 4.88. The van der Waals surface area contributed by atoms with Gasteiger partial charge in [0, 0.05) is 12.8 Å². The van der Waals surface area contributed by atoms with E-state index in [1.807, 2.05) is 18.2 Å². The van der Waals surface area contributed by atoms with Crippen LogP contribution in [0.15, 0.2) is 30.3 Å². The number of amides is 1. The highest BCUT2D eigenvalue weighted by atomic mass is 32.1. The van der Waals surface area contributed by atoms with E-state index in [2.05, 4.69) is 22.4 Å². The maximum atomic E-state index is 12.2. The van der Waals surface area contributed by atoms with E-state index >= 15 is 0 Å². The van der Waals surface area contributed by atoms with Crippen molar-refractivity contribution in [2.75, 3.05) is 5.32 Å². The molecule has 2 atom stereocenters. The predicted molar refractivity (Wildman–Crippen MR) is 82.8 cm³/mol. The normalized spacial score (nSPS) is 20.1. The lowest BCUT2D eigenvalue weighted by molar-refractivity contribution is -0.117. The molecule has 2 aromatic rings. The zero-order valence-electron chi connectivity index (χ0n) is 11.9. The molecule has 1 amide bonds. The van der Waals surface area contributed by atoms with Gasteiger partial charge < -0.3 is 5.32 Å². The van der Waals surface area contributed by atoms with Gasteiger partial charge in [-0.1, -0.05) is 41.7 Å². The van der Waals surface area contributed by atoms with Crippen molar-refractivity contribution in [1.29, 1.82) is 0 Å². The number of ketones is 1. The molecule has 0 saturated heterocycles. The molecule has 1 fully saturated rings. The number of thiazole rings is 1. The number of carbonyl (C=O) groups is 2. The Kier molecular flexibility index (Phi) is 3.59. The Morgan fingerprint density at radius 3 is 2.62 bits per heavy atom. The number of aryl methyl sites for hydroxylation is 1. The van der Waals surface area contributed by atoms with E-state index in [1.165, 1.54) is 23.8 Å². The molecule has 0 aliphatic heterocycles. The van der Waals surface area contributed by atoms with Gasteiger partial charge in [0.1, 0.15) is 0 Å². The van der Waals surface area contributed by atoms with Crippen LogP contribution in [0.1, 0.15) is 40.2 Å². The second kappa shape index (κ2) is 5.41. The summed E-state index contributed by atoms with van der Waals surface area (Å²) in [7, 11) is 0. The van der Waals surface area contributed by atoms with Crippen molar-refractivity contribution in [2.45, 2.75) is 26.2 Å². The van der Waals surface area contributed by atoms with Crippen LogP contribution in [0.3, 0.4) is 0 Å². The van der Waals surface area contributed by atoms with Crippen LogP contribution in [0, 0.1) is 12.8 Å². The second-order valence-corrected chi connectivity index (χ2v) is 6.34. The third kappa shape index (κ3) is 2.88. The average Bonchev–Trinajstić information content (AvgIpc) is 3.18. The van der Waals surface area contributed by atoms with Gasteiger partial charge in [-0.2, -0.15) is 0 Å². The number of carbonyl (C=O) groups excluding carboxylic acids is 2. The maximum absolute atomic E-state index is 12.2. The average molecular weight is 300 g/mol. The summed E-state index contributed by atoms with van der Waals surface area (Å²) >= 11 is 1.25. The first-order chi connectivity index (χ1) is 10.1. The van der Waals surface area contributed by atoms with Crippen molar-refractivity contribution < 1.29 is 9.59 Å². The molecular weight excluding hydrogens is 284 g/mol. The first-order valence-electron chi connectivity index (χ1n) is 6.90. The van der Waals surface area contributed by atoms with Crippen molar-refractivity contribution in [2.24, 2.45) is 5.92 Å². The van der Waals surface area contributed by atoms with Crippen LogP contribution in [0.5, 0.6) is 0 Å². The lowest BCUT2D eigenvalue weighted by atomic mass is 10.1. The molecule has 1 heterocycles. The minimum Gasteiger partial charge on any atom is -0.302 e. The quantitative estimate of drug-likeness (QED) is 0.880. The molecule has 1 aromatic carbocycles. The maximum Gasteiger partial charge on any atom is 0.229 e. The summed E-state index contributed by atoms with van der Waals surface area (Å²) in [6.45, 7) is 3.30. The molecule has 0 bridgehead atoms. The standard InChI is InChI=1S/C16H16N2O2S/c1-9-14(10(2)19)21-16(17-9)18-15(20)13-8-12(13)11-6-4-3-5-7-11/h3-7,12-13H,8H2,1-2H3,(H,17,18,20)/t12-,13-/m1/s1. The molecule has 1 saturated carbocycles. The van der Waals surface area contributed by atoms with Gasteiger partial charge in [-0.05, 0) is 24.8 Å². The highest BCUT2D eigenvalue weighted by Gasteiger charge is 2.44. The number of nitrogens with zero attached hydrogens (tertiary/aromatic N) is 1. The number of anilines is 1. The highest BCUT2D eigenvalue weighted by molar-refractivity contribution is 7.17. The Morgan fingerprint density at radius 2 is 2.00 bits per heavy atom. The van der Waals surface area contributed by atoms with Crippen molar-refractivity contribution in [3.63, 3.8) is 0 Å². The predicted octanol–water partition coefficient (Wildman–Crippen LogP) is 3.40. The molecule has 0 spiro atoms. The molecule has 0 unspecified atom stereocenters. The van der Waals surface area contributed by atoms with Crippen LogP contribution in [0.2, 0.25) is 0 Å². The lowest BCUT2D eigenvalue weighted by Crippen LogP contribution is -2.14. The summed E-state index contributed by atoms with van der Waals surface area (Å²) < 4.78 is 0. The summed E-state index contributed by atoms with van der Waals surface area (Å²) in [6.07, 6.45) is 0.875. The number of Topliss-reactive ketones (excluding diaryl/α,β-unsaturated/α-hetero) is 1. The van der Waals surface area contributed by atoms with Crippen LogP contribution in [-0.2, 0) is 4.79 Å². The number of hydrogen-bond donors (Lipinski definition) is 1. The number of rotatable bonds is 4. The van der Waals surface area contributed by atoms with Crippen molar-refractivity contribution in [1.82, 2.24) is 4.98 Å². The number of aromatic nitrogens is 1. The molecule has 108 valence electrons. The molecule has 1 aromatic heterocycles. The topological polar surface area (TPSA) is 59.1 Å². The van der Waals surface area contributed by atoms with Crippen molar-refractivity contribution in [3.05, 3.63) is 46.5 Å². The Morgan fingerprint density at radius 1 is 1.29 bits per heavy atom. The zero-order chi connectivity index (χ0) is 15.0. The van der Waals surface area contributed by atoms with Gasteiger partial charge in [-0.3, -0.25) is 9.59 Å². The molecule has 0 radical (unpaired) electrons. The smallest absolute Gasteiger partial charge is 0.229 e. The molecule has 3 rings (SSSR count). The summed E-state index contributed by atoms with van der Waals surface area (Å²) in [4.78, 5) is 28.5. The van der Waals surface area contributed by atoms with Gasteiger partial charge >= 0.3 is 0 Å². The highest BCUT2D eigenvalue weighted by Crippen LogP contribution is 2.48. The van der Waals surface area contributed by atoms with Gasteiger partial charge in [0.05, 0.1) is 10.6 Å². The summed E-state index contributed by atoms with van der Waals surface area (Å²) in [5.41, 5.74) is 1.88. The fourth-order valence-corrected chi connectivity index (χ4v) is 3.39. The van der Waals surface area contributed by atoms with E-state index in [4.69, 9.17) is 0 Å². The van der Waals surface area contributed by atoms with Crippen molar-refractivity contribution in [3.8, 4) is 0 Å². The Bertz CT molecular complexity index is 694. The van der Waals surface area contributed by atoms with Gasteiger partial charge in [0.15, 0.2) is 10.9 Å². The SMILES string of the molecule is CC(=O)c1sc(NC(=O)[C@@H]2C[C@@H]2c2ccccc2)nc1C. The minimum atomic E-state index is -0.0147. The van der Waals surface area contributed by atoms with E-state index < -0.39 is 0 Å². The van der Waals surface area contributed by atoms with E-state index in [1.54, 1.807) is 6.92 Å². The molecular formula is C16H16N2O2S. The minimum absolute atomic E-state index is 0.00675. The Hall–Kier alpha value is -2.01. The fourth-order valence-electron chi connectivity index (χ4n) is 2.53. The van der Waals surface area contributed by atoms with Crippen LogP contribution in [0.25, 0.3) is 0 Å². The molecule has 1 N–H and O–H groups in total. The second-order valence-electron chi connectivity index (χ2n) is 5.34. The third-order valence-electron chi connectivity index (χ3n) is 3.70. The number of nitrogens with one attached hydrogen (secondary N) is 1. The molecule has 21 heavy (non-hydrogen) atoms. The van der Waals surface area contributed by atoms with Gasteiger partial charge in [-0.15, -0.1) is 0 Å². The van der Waals surface area contributed by atoms with Gasteiger partial charge in [0.25, 0.3) is 0 Å². The van der Waals surface area contributed by atoms with Gasteiger partial charge in [-0.25, -0.2) is 4.98 Å². The fraction of sp³-hybridized carbons (Fsp3) is 0.312. The molecule has 5 heteroatoms. The Labute approximate surface area is 127 Å². The Balaban J connectivity index is 1.66. The molecule has 1 aliphatic carbocycles. The largest absolute Gasteiger partial charge is 0.302 e. The van der Waals surface area contributed by atoms with E-state index in [-0.39, 0.29) is 17.6 Å². The summed E-state index contributed by atoms with van der Waals surface area (Å²) in [5.74, 6) is 0.295. The molecule has 1 aliphatic rings. The van der Waals surface area contributed by atoms with E-state index in [9.17, 15) is 9.59 Å². The van der Waals surface area contributed by atoms with Crippen molar-refractivity contribution >= 4 is 28.2 Å². The first kappa shape index (κ1) is 13.9. The van der Waals surface area contributed by atoms with Crippen LogP contribution >= 0.6 is 11.3 Å². The van der Waals surface area contributed by atoms with E-state index in [0.29, 0.717) is 21.6 Å².